The highest BCUT2D eigenvalue weighted by molar-refractivity contribution is 6.31. The van der Waals surface area contributed by atoms with Gasteiger partial charge in [0.2, 0.25) is 5.88 Å². The van der Waals surface area contributed by atoms with Crippen molar-refractivity contribution >= 4 is 11.6 Å². The van der Waals surface area contributed by atoms with Crippen LogP contribution >= 0.6 is 11.6 Å². The lowest BCUT2D eigenvalue weighted by Gasteiger charge is -2.27. The molecule has 2 atom stereocenters. The van der Waals surface area contributed by atoms with E-state index in [9.17, 15) is 0 Å². The lowest BCUT2D eigenvalue weighted by atomic mass is 9.89. The highest BCUT2D eigenvalue weighted by Crippen LogP contribution is 2.28. The van der Waals surface area contributed by atoms with Gasteiger partial charge in [0.25, 0.3) is 0 Å². The summed E-state index contributed by atoms with van der Waals surface area (Å²) in [5, 5.41) is 4.14. The maximum atomic E-state index is 6.23. The SMILES string of the molecule is CC1CCCC(Oc2cc(CNC(C)(C)C)c(Cl)cn2)C1. The summed E-state index contributed by atoms with van der Waals surface area (Å²) in [5.41, 5.74) is 1.10. The topological polar surface area (TPSA) is 34.1 Å². The molecule has 3 nitrogen and oxygen atoms in total. The van der Waals surface area contributed by atoms with E-state index in [0.29, 0.717) is 17.0 Å². The van der Waals surface area contributed by atoms with Gasteiger partial charge < -0.3 is 10.1 Å². The lowest BCUT2D eigenvalue weighted by molar-refractivity contribution is 0.124. The zero-order valence-corrected chi connectivity index (χ0v) is 14.3. The van der Waals surface area contributed by atoms with Crippen molar-refractivity contribution in [1.29, 1.82) is 0 Å². The predicted octanol–water partition coefficient (Wildman–Crippen LogP) is 4.58. The molecule has 1 aliphatic carbocycles. The molecule has 2 rings (SSSR count). The largest absolute Gasteiger partial charge is 0.474 e. The van der Waals surface area contributed by atoms with Gasteiger partial charge in [-0.3, -0.25) is 0 Å². The second-order valence-electron chi connectivity index (χ2n) is 7.23. The van der Waals surface area contributed by atoms with Crippen molar-refractivity contribution in [2.24, 2.45) is 5.92 Å². The molecule has 0 spiro atoms. The fourth-order valence-electron chi connectivity index (χ4n) is 2.68. The van der Waals surface area contributed by atoms with Gasteiger partial charge in [-0.1, -0.05) is 24.9 Å². The molecular formula is C17H27ClN2O. The molecule has 1 aromatic rings. The Labute approximate surface area is 133 Å². The summed E-state index contributed by atoms with van der Waals surface area (Å²) in [4.78, 5) is 4.32. The van der Waals surface area contributed by atoms with Gasteiger partial charge in [-0.15, -0.1) is 0 Å². The second kappa shape index (κ2) is 6.97. The minimum atomic E-state index is 0.0619. The van der Waals surface area contributed by atoms with Crippen LogP contribution in [-0.2, 0) is 6.54 Å². The highest BCUT2D eigenvalue weighted by Gasteiger charge is 2.21. The van der Waals surface area contributed by atoms with Gasteiger partial charge in [0.05, 0.1) is 5.02 Å². The Morgan fingerprint density at radius 3 is 2.81 bits per heavy atom. The van der Waals surface area contributed by atoms with E-state index in [1.807, 2.05) is 6.07 Å². The van der Waals surface area contributed by atoms with Crippen LogP contribution in [0, 0.1) is 5.92 Å². The number of hydrogen-bond acceptors (Lipinski definition) is 3. The monoisotopic (exact) mass is 310 g/mol. The summed E-state index contributed by atoms with van der Waals surface area (Å²) in [5.74, 6) is 1.45. The number of hydrogen-bond donors (Lipinski definition) is 1. The molecular weight excluding hydrogens is 284 g/mol. The summed E-state index contributed by atoms with van der Waals surface area (Å²) in [6.45, 7) is 9.44. The van der Waals surface area contributed by atoms with Crippen LogP contribution in [0.25, 0.3) is 0 Å². The number of rotatable bonds is 4. The minimum Gasteiger partial charge on any atom is -0.474 e. The zero-order chi connectivity index (χ0) is 15.5. The smallest absolute Gasteiger partial charge is 0.213 e. The predicted molar refractivity (Wildman–Crippen MR) is 87.9 cm³/mol. The van der Waals surface area contributed by atoms with E-state index in [2.05, 4.69) is 38.0 Å². The van der Waals surface area contributed by atoms with Crippen LogP contribution in [0.5, 0.6) is 5.88 Å². The fourth-order valence-corrected chi connectivity index (χ4v) is 2.85. The van der Waals surface area contributed by atoms with Gasteiger partial charge >= 0.3 is 0 Å². The van der Waals surface area contributed by atoms with Crippen molar-refractivity contribution in [3.05, 3.63) is 22.8 Å². The van der Waals surface area contributed by atoms with E-state index < -0.39 is 0 Å². The normalized spacial score (nSPS) is 23.1. The van der Waals surface area contributed by atoms with Gasteiger partial charge in [-0.25, -0.2) is 4.98 Å². The van der Waals surface area contributed by atoms with Crippen molar-refractivity contribution in [2.45, 2.75) is 71.6 Å². The Bertz CT molecular complexity index is 470. The van der Waals surface area contributed by atoms with Crippen LogP contribution in [-0.4, -0.2) is 16.6 Å². The van der Waals surface area contributed by atoms with Crippen LogP contribution in [0.15, 0.2) is 12.3 Å². The first-order valence-corrected chi connectivity index (χ1v) is 8.27. The molecule has 0 radical (unpaired) electrons. The van der Waals surface area contributed by atoms with Crippen LogP contribution < -0.4 is 10.1 Å². The summed E-state index contributed by atoms with van der Waals surface area (Å²) >= 11 is 6.23. The van der Waals surface area contributed by atoms with Crippen molar-refractivity contribution in [3.8, 4) is 5.88 Å². The third-order valence-corrected chi connectivity index (χ3v) is 4.23. The molecule has 1 aliphatic rings. The third kappa shape index (κ3) is 5.48. The van der Waals surface area contributed by atoms with Crippen molar-refractivity contribution in [1.82, 2.24) is 10.3 Å². The molecule has 118 valence electrons. The molecule has 0 bridgehead atoms. The van der Waals surface area contributed by atoms with Crippen molar-refractivity contribution in [2.75, 3.05) is 0 Å². The van der Waals surface area contributed by atoms with E-state index in [4.69, 9.17) is 16.3 Å². The molecule has 2 unspecified atom stereocenters. The molecule has 1 heterocycles. The average Bonchev–Trinajstić information content (AvgIpc) is 2.38. The molecule has 1 N–H and O–H groups in total. The van der Waals surface area contributed by atoms with Gasteiger partial charge in [0.1, 0.15) is 6.10 Å². The number of halogens is 1. The standard InChI is InChI=1S/C17H27ClN2O/c1-12-6-5-7-14(8-12)21-16-9-13(15(18)11-19-16)10-20-17(2,3)4/h9,11-12,14,20H,5-8,10H2,1-4H3. The Balaban J connectivity index is 2.00. The number of aromatic nitrogens is 1. The second-order valence-corrected chi connectivity index (χ2v) is 7.64. The highest BCUT2D eigenvalue weighted by atomic mass is 35.5. The fraction of sp³-hybridized carbons (Fsp3) is 0.706. The number of pyridine rings is 1. The van der Waals surface area contributed by atoms with E-state index in [0.717, 1.165) is 30.9 Å². The molecule has 21 heavy (non-hydrogen) atoms. The van der Waals surface area contributed by atoms with Gasteiger partial charge in [-0.2, -0.15) is 0 Å². The molecule has 0 aliphatic heterocycles. The Hall–Kier alpha value is -0.800. The van der Waals surface area contributed by atoms with Gasteiger partial charge in [0, 0.05) is 24.3 Å². The minimum absolute atomic E-state index is 0.0619. The van der Waals surface area contributed by atoms with Crippen molar-refractivity contribution in [3.63, 3.8) is 0 Å². The van der Waals surface area contributed by atoms with Crippen LogP contribution in [0.3, 0.4) is 0 Å². The number of ether oxygens (including phenoxy) is 1. The maximum absolute atomic E-state index is 6.23. The molecule has 0 aromatic carbocycles. The maximum Gasteiger partial charge on any atom is 0.213 e. The molecule has 4 heteroatoms. The Kier molecular flexibility index (Phi) is 5.50. The Morgan fingerprint density at radius 1 is 1.38 bits per heavy atom. The van der Waals surface area contributed by atoms with E-state index >= 15 is 0 Å². The van der Waals surface area contributed by atoms with Crippen LogP contribution in [0.2, 0.25) is 5.02 Å². The molecule has 0 amide bonds. The summed E-state index contributed by atoms with van der Waals surface area (Å²) < 4.78 is 6.06. The summed E-state index contributed by atoms with van der Waals surface area (Å²) in [6, 6.07) is 1.97. The number of nitrogens with zero attached hydrogens (tertiary/aromatic N) is 1. The van der Waals surface area contributed by atoms with Crippen LogP contribution in [0.4, 0.5) is 0 Å². The third-order valence-electron chi connectivity index (χ3n) is 3.89. The summed E-state index contributed by atoms with van der Waals surface area (Å²) in [7, 11) is 0. The average molecular weight is 311 g/mol. The quantitative estimate of drug-likeness (QED) is 0.884. The first-order valence-electron chi connectivity index (χ1n) is 7.89. The van der Waals surface area contributed by atoms with Gasteiger partial charge in [-0.05, 0) is 51.5 Å². The van der Waals surface area contributed by atoms with E-state index in [1.165, 1.54) is 12.8 Å². The zero-order valence-electron chi connectivity index (χ0n) is 13.6. The van der Waals surface area contributed by atoms with E-state index in [1.54, 1.807) is 6.20 Å². The molecule has 1 saturated carbocycles. The number of nitrogens with one attached hydrogen (secondary N) is 1. The van der Waals surface area contributed by atoms with E-state index in [-0.39, 0.29) is 5.54 Å². The summed E-state index contributed by atoms with van der Waals surface area (Å²) in [6.07, 6.45) is 6.81. The molecule has 1 aromatic heterocycles. The van der Waals surface area contributed by atoms with Crippen molar-refractivity contribution < 1.29 is 4.74 Å². The van der Waals surface area contributed by atoms with Gasteiger partial charge in [0.15, 0.2) is 0 Å². The first-order chi connectivity index (χ1) is 9.83. The molecule has 1 fully saturated rings. The first kappa shape index (κ1) is 16.6. The Morgan fingerprint density at radius 2 is 2.14 bits per heavy atom. The lowest BCUT2D eigenvalue weighted by Crippen LogP contribution is -2.35. The molecule has 0 saturated heterocycles. The van der Waals surface area contributed by atoms with Crippen LogP contribution in [0.1, 0.15) is 58.9 Å².